The monoisotopic (exact) mass is 349 g/mol. The summed E-state index contributed by atoms with van der Waals surface area (Å²) < 4.78 is 0. The van der Waals surface area contributed by atoms with Crippen LogP contribution in [-0.4, -0.2) is 9.97 Å². The van der Waals surface area contributed by atoms with Gasteiger partial charge >= 0.3 is 0 Å². The van der Waals surface area contributed by atoms with Crippen LogP contribution in [0.2, 0.25) is 0 Å². The van der Waals surface area contributed by atoms with E-state index in [0.29, 0.717) is 16.5 Å². The summed E-state index contributed by atoms with van der Waals surface area (Å²) in [6.07, 6.45) is 1.72. The molecule has 0 saturated carbocycles. The topological polar surface area (TPSA) is 69.5 Å². The highest BCUT2D eigenvalue weighted by Crippen LogP contribution is 2.21. The minimum Gasteiger partial charge on any atom is -0.305 e. The maximum Gasteiger partial charge on any atom is 0.259 e. The summed E-state index contributed by atoms with van der Waals surface area (Å²) in [4.78, 5) is 19.4. The Morgan fingerprint density at radius 1 is 0.889 bits per heavy atom. The third kappa shape index (κ3) is 3.39. The maximum atomic E-state index is 12.2. The van der Waals surface area contributed by atoms with Crippen molar-refractivity contribution >= 4 is 22.6 Å². The molecule has 1 aromatic heterocycles. The van der Waals surface area contributed by atoms with Crippen molar-refractivity contribution in [3.63, 3.8) is 0 Å². The predicted octanol–water partition coefficient (Wildman–Crippen LogP) is 4.65. The molecular weight excluding hydrogens is 334 g/mol. The van der Waals surface area contributed by atoms with Gasteiger partial charge in [-0.25, -0.2) is 4.98 Å². The van der Waals surface area contributed by atoms with E-state index in [0.717, 1.165) is 16.7 Å². The number of aromatic nitrogens is 2. The van der Waals surface area contributed by atoms with Crippen LogP contribution in [0.3, 0.4) is 0 Å². The Morgan fingerprint density at radius 3 is 2.30 bits per heavy atom. The van der Waals surface area contributed by atoms with Gasteiger partial charge in [-0.05, 0) is 34.9 Å². The fraction of sp³-hybridized carbons (Fsp3) is 0. The van der Waals surface area contributed by atoms with Crippen LogP contribution < -0.4 is 5.56 Å². The first-order valence-corrected chi connectivity index (χ1v) is 8.51. The van der Waals surface area contributed by atoms with Gasteiger partial charge in [0.15, 0.2) is 5.82 Å². The third-order valence-corrected chi connectivity index (χ3v) is 4.32. The van der Waals surface area contributed by atoms with Crippen molar-refractivity contribution in [2.75, 3.05) is 0 Å². The average Bonchev–Trinajstić information content (AvgIpc) is 2.73. The second-order valence-electron chi connectivity index (χ2n) is 6.09. The van der Waals surface area contributed by atoms with Gasteiger partial charge in [-0.15, -0.1) is 0 Å². The van der Waals surface area contributed by atoms with E-state index in [1.165, 1.54) is 0 Å². The first kappa shape index (κ1) is 16.5. The largest absolute Gasteiger partial charge is 0.305 e. The van der Waals surface area contributed by atoms with Crippen molar-refractivity contribution < 1.29 is 0 Å². The number of hydrogen-bond donors (Lipinski definition) is 1. The number of H-pyrrole nitrogens is 1. The van der Waals surface area contributed by atoms with Crippen LogP contribution in [0.1, 0.15) is 11.4 Å². The fourth-order valence-electron chi connectivity index (χ4n) is 2.94. The Balaban J connectivity index is 1.72. The van der Waals surface area contributed by atoms with E-state index in [9.17, 15) is 10.1 Å². The molecule has 4 heteroatoms. The zero-order chi connectivity index (χ0) is 18.6. The molecule has 0 atom stereocenters. The van der Waals surface area contributed by atoms with Gasteiger partial charge in [0, 0.05) is 0 Å². The van der Waals surface area contributed by atoms with Gasteiger partial charge in [0.2, 0.25) is 0 Å². The van der Waals surface area contributed by atoms with Gasteiger partial charge in [0.05, 0.1) is 16.5 Å². The number of nitrogens with zero attached hydrogens (tertiary/aromatic N) is 2. The third-order valence-electron chi connectivity index (χ3n) is 4.32. The van der Waals surface area contributed by atoms with Gasteiger partial charge in [0.1, 0.15) is 6.07 Å². The fourth-order valence-corrected chi connectivity index (χ4v) is 2.94. The van der Waals surface area contributed by atoms with Crippen molar-refractivity contribution in [3.05, 3.63) is 101 Å². The van der Waals surface area contributed by atoms with E-state index in [2.05, 4.69) is 28.2 Å². The second kappa shape index (κ2) is 7.11. The molecule has 3 aromatic carbocycles. The van der Waals surface area contributed by atoms with Crippen molar-refractivity contribution in [2.45, 2.75) is 0 Å². The van der Waals surface area contributed by atoms with Crippen molar-refractivity contribution in [1.29, 1.82) is 5.26 Å². The standard InChI is InChI=1S/C23H15N3O/c24-15-19(22-25-21-9-5-4-8-20(21)23(27)26-22)14-16-10-12-18(13-11-16)17-6-2-1-3-7-17/h1-14H,(H,25,26,27). The van der Waals surface area contributed by atoms with Crippen molar-refractivity contribution in [3.8, 4) is 17.2 Å². The summed E-state index contributed by atoms with van der Waals surface area (Å²) >= 11 is 0. The number of aromatic amines is 1. The predicted molar refractivity (Wildman–Crippen MR) is 108 cm³/mol. The molecule has 0 radical (unpaired) electrons. The minimum absolute atomic E-state index is 0.254. The Morgan fingerprint density at radius 2 is 1.56 bits per heavy atom. The van der Waals surface area contributed by atoms with Crippen LogP contribution >= 0.6 is 0 Å². The zero-order valence-corrected chi connectivity index (χ0v) is 14.4. The number of para-hydroxylation sites is 1. The van der Waals surface area contributed by atoms with E-state index in [1.54, 1.807) is 24.3 Å². The number of nitrogens with one attached hydrogen (secondary N) is 1. The number of benzene rings is 3. The van der Waals surface area contributed by atoms with E-state index < -0.39 is 0 Å². The molecule has 0 spiro atoms. The normalized spacial score (nSPS) is 11.3. The summed E-state index contributed by atoms with van der Waals surface area (Å²) in [6, 6.07) is 27.2. The summed E-state index contributed by atoms with van der Waals surface area (Å²) in [5.74, 6) is 0.272. The molecule has 0 aliphatic heterocycles. The summed E-state index contributed by atoms with van der Waals surface area (Å²) in [7, 11) is 0. The molecule has 0 aliphatic rings. The van der Waals surface area contributed by atoms with Gasteiger partial charge < -0.3 is 4.98 Å². The number of rotatable bonds is 3. The number of nitriles is 1. The molecule has 4 rings (SSSR count). The zero-order valence-electron chi connectivity index (χ0n) is 14.4. The molecule has 0 bridgehead atoms. The first-order chi connectivity index (χ1) is 13.2. The second-order valence-corrected chi connectivity index (χ2v) is 6.09. The summed E-state index contributed by atoms with van der Waals surface area (Å²) in [5.41, 5.74) is 3.72. The summed E-state index contributed by atoms with van der Waals surface area (Å²) in [5, 5.41) is 10.1. The summed E-state index contributed by atoms with van der Waals surface area (Å²) in [6.45, 7) is 0. The smallest absolute Gasteiger partial charge is 0.259 e. The van der Waals surface area contributed by atoms with Gasteiger partial charge in [-0.2, -0.15) is 5.26 Å². The Labute approximate surface area is 156 Å². The molecule has 0 saturated heterocycles. The maximum absolute atomic E-state index is 12.2. The van der Waals surface area contributed by atoms with E-state index in [1.807, 2.05) is 48.5 Å². The van der Waals surface area contributed by atoms with E-state index in [4.69, 9.17) is 0 Å². The molecule has 128 valence electrons. The SMILES string of the molecule is N#CC(=Cc1ccc(-c2ccccc2)cc1)c1nc2ccccc2c(=O)[nH]1. The lowest BCUT2D eigenvalue weighted by Gasteiger charge is -2.04. The van der Waals surface area contributed by atoms with Crippen LogP contribution in [0.4, 0.5) is 0 Å². The van der Waals surface area contributed by atoms with Crippen molar-refractivity contribution in [2.24, 2.45) is 0 Å². The lowest BCUT2D eigenvalue weighted by Crippen LogP contribution is -2.11. The van der Waals surface area contributed by atoms with Crippen LogP contribution in [-0.2, 0) is 0 Å². The molecule has 0 fully saturated rings. The lowest BCUT2D eigenvalue weighted by molar-refractivity contribution is 1.13. The number of allylic oxidation sites excluding steroid dienone is 1. The number of hydrogen-bond acceptors (Lipinski definition) is 3. The van der Waals surface area contributed by atoms with Crippen LogP contribution in [0.25, 0.3) is 33.7 Å². The Hall–Kier alpha value is -3.97. The minimum atomic E-state index is -0.254. The van der Waals surface area contributed by atoms with Gasteiger partial charge in [-0.1, -0.05) is 66.7 Å². The molecule has 1 N–H and O–H groups in total. The molecule has 0 unspecified atom stereocenters. The van der Waals surface area contributed by atoms with Crippen molar-refractivity contribution in [1.82, 2.24) is 9.97 Å². The van der Waals surface area contributed by atoms with E-state index >= 15 is 0 Å². The molecule has 0 amide bonds. The average molecular weight is 349 g/mol. The molecule has 1 heterocycles. The highest BCUT2D eigenvalue weighted by Gasteiger charge is 2.08. The molecule has 4 aromatic rings. The molecular formula is C23H15N3O. The Kier molecular flexibility index (Phi) is 4.34. The number of fused-ring (bicyclic) bond motifs is 1. The van der Waals surface area contributed by atoms with Crippen LogP contribution in [0.15, 0.2) is 83.7 Å². The highest BCUT2D eigenvalue weighted by molar-refractivity contribution is 5.89. The molecule has 0 aliphatic carbocycles. The quantitative estimate of drug-likeness (QED) is 0.547. The highest BCUT2D eigenvalue weighted by atomic mass is 16.1. The Bertz CT molecular complexity index is 1230. The lowest BCUT2D eigenvalue weighted by atomic mass is 10.0. The van der Waals surface area contributed by atoms with Crippen LogP contribution in [0, 0.1) is 11.3 Å². The van der Waals surface area contributed by atoms with Gasteiger partial charge in [0.25, 0.3) is 5.56 Å². The molecule has 4 nitrogen and oxygen atoms in total. The first-order valence-electron chi connectivity index (χ1n) is 8.51. The molecule has 27 heavy (non-hydrogen) atoms. The van der Waals surface area contributed by atoms with Gasteiger partial charge in [-0.3, -0.25) is 4.79 Å². The van der Waals surface area contributed by atoms with E-state index in [-0.39, 0.29) is 11.4 Å². The van der Waals surface area contributed by atoms with Crippen LogP contribution in [0.5, 0.6) is 0 Å².